The van der Waals surface area contributed by atoms with E-state index < -0.39 is 0 Å². The van der Waals surface area contributed by atoms with Crippen molar-refractivity contribution in [2.45, 2.75) is 26.3 Å². The van der Waals surface area contributed by atoms with E-state index in [1.165, 1.54) is 0 Å². The summed E-state index contributed by atoms with van der Waals surface area (Å²) < 4.78 is 5.30. The second-order valence-corrected chi connectivity index (χ2v) is 4.46. The van der Waals surface area contributed by atoms with Gasteiger partial charge in [0.25, 0.3) is 0 Å². The standard InChI is InChI=1S/C13H20N2O2/c1-2-15(10-12-4-3-9-17-12)13(16)11-5-7-14-8-6-11/h3-4,9,11,14H,2,5-8,10H2,1H3. The molecule has 2 heterocycles. The van der Waals surface area contributed by atoms with Crippen molar-refractivity contribution < 1.29 is 9.21 Å². The van der Waals surface area contributed by atoms with Gasteiger partial charge in [0.05, 0.1) is 12.8 Å². The van der Waals surface area contributed by atoms with Crippen LogP contribution < -0.4 is 5.32 Å². The highest BCUT2D eigenvalue weighted by Crippen LogP contribution is 2.17. The average Bonchev–Trinajstić information content (AvgIpc) is 2.89. The van der Waals surface area contributed by atoms with Gasteiger partial charge in [0, 0.05) is 12.5 Å². The number of nitrogens with zero attached hydrogens (tertiary/aromatic N) is 1. The molecule has 2 rings (SSSR count). The summed E-state index contributed by atoms with van der Waals surface area (Å²) in [5.74, 6) is 1.31. The third kappa shape index (κ3) is 3.09. The van der Waals surface area contributed by atoms with Crippen molar-refractivity contribution in [3.8, 4) is 0 Å². The Morgan fingerprint density at radius 2 is 2.29 bits per heavy atom. The summed E-state index contributed by atoms with van der Waals surface area (Å²) in [4.78, 5) is 14.2. The molecule has 94 valence electrons. The number of hydrogen-bond acceptors (Lipinski definition) is 3. The molecule has 0 atom stereocenters. The van der Waals surface area contributed by atoms with Crippen LogP contribution in [0.3, 0.4) is 0 Å². The number of furan rings is 1. The maximum atomic E-state index is 12.3. The van der Waals surface area contributed by atoms with E-state index in [1.54, 1.807) is 6.26 Å². The Morgan fingerprint density at radius 1 is 1.53 bits per heavy atom. The first kappa shape index (κ1) is 12.2. The summed E-state index contributed by atoms with van der Waals surface area (Å²) in [5, 5.41) is 3.28. The number of hydrogen-bond donors (Lipinski definition) is 1. The van der Waals surface area contributed by atoms with Crippen molar-refractivity contribution >= 4 is 5.91 Å². The van der Waals surface area contributed by atoms with Crippen molar-refractivity contribution in [3.63, 3.8) is 0 Å². The van der Waals surface area contributed by atoms with Crippen LogP contribution in [0.2, 0.25) is 0 Å². The second-order valence-electron chi connectivity index (χ2n) is 4.46. The molecule has 1 saturated heterocycles. The summed E-state index contributed by atoms with van der Waals surface area (Å²) in [5.41, 5.74) is 0. The smallest absolute Gasteiger partial charge is 0.226 e. The van der Waals surface area contributed by atoms with Gasteiger partial charge in [0.1, 0.15) is 5.76 Å². The number of carbonyl (C=O) groups excluding carboxylic acids is 1. The number of carbonyl (C=O) groups is 1. The summed E-state index contributed by atoms with van der Waals surface area (Å²) in [6, 6.07) is 3.77. The first-order valence-corrected chi connectivity index (χ1v) is 6.33. The molecule has 0 saturated carbocycles. The monoisotopic (exact) mass is 236 g/mol. The van der Waals surface area contributed by atoms with E-state index in [2.05, 4.69) is 5.32 Å². The molecule has 1 aliphatic rings. The summed E-state index contributed by atoms with van der Waals surface area (Å²) in [6.07, 6.45) is 3.55. The van der Waals surface area contributed by atoms with Gasteiger partial charge in [-0.2, -0.15) is 0 Å². The van der Waals surface area contributed by atoms with Crippen LogP contribution in [0.1, 0.15) is 25.5 Å². The molecule has 1 fully saturated rings. The third-order valence-electron chi connectivity index (χ3n) is 3.31. The maximum Gasteiger partial charge on any atom is 0.226 e. The molecule has 1 aliphatic heterocycles. The van der Waals surface area contributed by atoms with Gasteiger partial charge in [-0.25, -0.2) is 0 Å². The van der Waals surface area contributed by atoms with Crippen molar-refractivity contribution in [2.24, 2.45) is 5.92 Å². The van der Waals surface area contributed by atoms with Crippen LogP contribution >= 0.6 is 0 Å². The largest absolute Gasteiger partial charge is 0.467 e. The number of amides is 1. The first-order chi connectivity index (χ1) is 8.31. The maximum absolute atomic E-state index is 12.3. The van der Waals surface area contributed by atoms with Crippen LogP contribution in [0.5, 0.6) is 0 Å². The van der Waals surface area contributed by atoms with Gasteiger partial charge in [-0.05, 0) is 45.0 Å². The summed E-state index contributed by atoms with van der Waals surface area (Å²) in [7, 11) is 0. The lowest BCUT2D eigenvalue weighted by atomic mass is 9.96. The van der Waals surface area contributed by atoms with E-state index in [0.29, 0.717) is 6.54 Å². The molecule has 1 aromatic heterocycles. The quantitative estimate of drug-likeness (QED) is 0.864. The van der Waals surface area contributed by atoms with Crippen LogP contribution in [-0.4, -0.2) is 30.4 Å². The van der Waals surface area contributed by atoms with Gasteiger partial charge in [0.2, 0.25) is 5.91 Å². The number of rotatable bonds is 4. The molecule has 0 radical (unpaired) electrons. The Balaban J connectivity index is 1.94. The van der Waals surface area contributed by atoms with Crippen molar-refractivity contribution in [1.82, 2.24) is 10.2 Å². The molecular formula is C13H20N2O2. The van der Waals surface area contributed by atoms with Gasteiger partial charge < -0.3 is 14.6 Å². The SMILES string of the molecule is CCN(Cc1ccco1)C(=O)C1CCNCC1. The lowest BCUT2D eigenvalue weighted by Gasteiger charge is -2.28. The minimum absolute atomic E-state index is 0.186. The highest BCUT2D eigenvalue weighted by Gasteiger charge is 2.25. The lowest BCUT2D eigenvalue weighted by Crippen LogP contribution is -2.40. The predicted octanol–water partition coefficient (Wildman–Crippen LogP) is 1.63. The molecule has 0 bridgehead atoms. The molecule has 1 N–H and O–H groups in total. The second kappa shape index (κ2) is 5.87. The van der Waals surface area contributed by atoms with Gasteiger partial charge in [-0.1, -0.05) is 0 Å². The zero-order chi connectivity index (χ0) is 12.1. The van der Waals surface area contributed by atoms with E-state index >= 15 is 0 Å². The first-order valence-electron chi connectivity index (χ1n) is 6.33. The van der Waals surface area contributed by atoms with Gasteiger partial charge >= 0.3 is 0 Å². The van der Waals surface area contributed by atoms with E-state index in [1.807, 2.05) is 24.0 Å². The molecule has 0 spiro atoms. The van der Waals surface area contributed by atoms with Gasteiger partial charge in [-0.15, -0.1) is 0 Å². The Kier molecular flexibility index (Phi) is 4.20. The normalized spacial score (nSPS) is 17.0. The Hall–Kier alpha value is -1.29. The fourth-order valence-electron chi connectivity index (χ4n) is 2.26. The van der Waals surface area contributed by atoms with Crippen LogP contribution in [-0.2, 0) is 11.3 Å². The van der Waals surface area contributed by atoms with Crippen LogP contribution in [0, 0.1) is 5.92 Å². The zero-order valence-corrected chi connectivity index (χ0v) is 10.3. The molecule has 0 aromatic carbocycles. The molecule has 0 unspecified atom stereocenters. The fraction of sp³-hybridized carbons (Fsp3) is 0.615. The van der Waals surface area contributed by atoms with Gasteiger partial charge in [-0.3, -0.25) is 4.79 Å². The van der Waals surface area contributed by atoms with Crippen molar-refractivity contribution in [1.29, 1.82) is 0 Å². The minimum Gasteiger partial charge on any atom is -0.467 e. The molecule has 1 amide bonds. The summed E-state index contributed by atoms with van der Waals surface area (Å²) in [6.45, 7) is 5.25. The number of nitrogens with one attached hydrogen (secondary N) is 1. The predicted molar refractivity (Wildman–Crippen MR) is 65.4 cm³/mol. The third-order valence-corrected chi connectivity index (χ3v) is 3.31. The molecule has 4 nitrogen and oxygen atoms in total. The van der Waals surface area contributed by atoms with Crippen LogP contribution in [0.4, 0.5) is 0 Å². The Morgan fingerprint density at radius 3 is 2.88 bits per heavy atom. The zero-order valence-electron chi connectivity index (χ0n) is 10.3. The average molecular weight is 236 g/mol. The van der Waals surface area contributed by atoms with E-state index in [0.717, 1.165) is 38.2 Å². The fourth-order valence-corrected chi connectivity index (χ4v) is 2.26. The van der Waals surface area contributed by atoms with Crippen molar-refractivity contribution in [2.75, 3.05) is 19.6 Å². The molecule has 1 aromatic rings. The Labute approximate surface area is 102 Å². The van der Waals surface area contributed by atoms with Crippen molar-refractivity contribution in [3.05, 3.63) is 24.2 Å². The minimum atomic E-state index is 0.186. The van der Waals surface area contributed by atoms with E-state index in [-0.39, 0.29) is 11.8 Å². The lowest BCUT2D eigenvalue weighted by molar-refractivity contribution is -0.137. The van der Waals surface area contributed by atoms with E-state index in [9.17, 15) is 4.79 Å². The molecule has 17 heavy (non-hydrogen) atoms. The molecule has 4 heteroatoms. The number of piperidine rings is 1. The van der Waals surface area contributed by atoms with Gasteiger partial charge in [0.15, 0.2) is 0 Å². The highest BCUT2D eigenvalue weighted by atomic mass is 16.3. The highest BCUT2D eigenvalue weighted by molar-refractivity contribution is 5.78. The molecular weight excluding hydrogens is 216 g/mol. The Bertz CT molecular complexity index is 342. The molecule has 0 aliphatic carbocycles. The van der Waals surface area contributed by atoms with E-state index in [4.69, 9.17) is 4.42 Å². The topological polar surface area (TPSA) is 45.5 Å². The van der Waals surface area contributed by atoms with Crippen LogP contribution in [0.25, 0.3) is 0 Å². The summed E-state index contributed by atoms with van der Waals surface area (Å²) >= 11 is 0. The van der Waals surface area contributed by atoms with Crippen LogP contribution in [0.15, 0.2) is 22.8 Å².